The minimum Gasteiger partial charge on any atom is -0.349 e. The van der Waals surface area contributed by atoms with Gasteiger partial charge in [0.25, 0.3) is 0 Å². The molecule has 0 aromatic heterocycles. The molecular weight excluding hydrogens is 194 g/mol. The number of urea groups is 1. The summed E-state index contributed by atoms with van der Waals surface area (Å²) in [5.74, 6) is 0.181. The molecule has 0 aliphatic carbocycles. The van der Waals surface area contributed by atoms with Gasteiger partial charge in [-0.2, -0.15) is 0 Å². The standard InChI is InChI=1S/C5H11NO.C3H8N2O.C2H6.2H2/c1-4-5(7)6(2)3;1-4-3(6)5-2;1-2;;/h4H2,1-3H3;1-2H3,(H2,4,5,6);1-2H3;2*1H. The Kier molecular flexibility index (Phi) is 19.6. The van der Waals surface area contributed by atoms with Gasteiger partial charge in [-0.1, -0.05) is 20.8 Å². The van der Waals surface area contributed by atoms with Crippen LogP contribution in [0.3, 0.4) is 0 Å². The lowest BCUT2D eigenvalue weighted by Gasteiger charge is -2.05. The number of hydrogen-bond donors (Lipinski definition) is 2. The maximum absolute atomic E-state index is 10.4. The van der Waals surface area contributed by atoms with Gasteiger partial charge in [0.05, 0.1) is 0 Å². The van der Waals surface area contributed by atoms with Gasteiger partial charge in [0, 0.05) is 37.5 Å². The van der Waals surface area contributed by atoms with Gasteiger partial charge in [0.2, 0.25) is 5.91 Å². The maximum atomic E-state index is 10.4. The van der Waals surface area contributed by atoms with Crippen LogP contribution >= 0.6 is 0 Å². The van der Waals surface area contributed by atoms with E-state index in [2.05, 4.69) is 10.6 Å². The molecule has 0 saturated carbocycles. The van der Waals surface area contributed by atoms with Crippen molar-refractivity contribution in [3.8, 4) is 0 Å². The van der Waals surface area contributed by atoms with Gasteiger partial charge in [-0.25, -0.2) is 4.79 Å². The van der Waals surface area contributed by atoms with E-state index in [0.29, 0.717) is 6.42 Å². The van der Waals surface area contributed by atoms with Crippen molar-refractivity contribution in [1.82, 2.24) is 15.5 Å². The van der Waals surface area contributed by atoms with Crippen LogP contribution in [0.5, 0.6) is 0 Å². The Balaban J connectivity index is -0.0000000448. The molecule has 0 aliphatic rings. The summed E-state index contributed by atoms with van der Waals surface area (Å²) in [4.78, 5) is 22.0. The maximum Gasteiger partial charge on any atom is 0.314 e. The summed E-state index contributed by atoms with van der Waals surface area (Å²) in [6.45, 7) is 5.85. The molecule has 0 saturated heterocycles. The van der Waals surface area contributed by atoms with Gasteiger partial charge < -0.3 is 15.5 Å². The third kappa shape index (κ3) is 19.2. The molecule has 0 atom stereocenters. The molecule has 0 aromatic carbocycles. The van der Waals surface area contributed by atoms with Crippen molar-refractivity contribution in [2.24, 2.45) is 0 Å². The molecule has 0 aromatic rings. The van der Waals surface area contributed by atoms with Crippen molar-refractivity contribution in [3.63, 3.8) is 0 Å². The third-order valence-electron chi connectivity index (χ3n) is 1.26. The number of rotatable bonds is 1. The number of amides is 3. The Bertz CT molecular complexity index is 162. The first-order valence-electron chi connectivity index (χ1n) is 5.09. The lowest BCUT2D eigenvalue weighted by molar-refractivity contribution is -0.128. The number of carbonyl (C=O) groups excluding carboxylic acids is 2. The van der Waals surface area contributed by atoms with Crippen LogP contribution in [-0.2, 0) is 4.79 Å². The van der Waals surface area contributed by atoms with Crippen LogP contribution in [0, 0.1) is 0 Å². The largest absolute Gasteiger partial charge is 0.349 e. The van der Waals surface area contributed by atoms with E-state index >= 15 is 0 Å². The minimum absolute atomic E-state index is 0. The van der Waals surface area contributed by atoms with E-state index in [1.807, 2.05) is 20.8 Å². The predicted octanol–water partition coefficient (Wildman–Crippen LogP) is 1.55. The van der Waals surface area contributed by atoms with Gasteiger partial charge in [-0.05, 0) is 0 Å². The van der Waals surface area contributed by atoms with Crippen molar-refractivity contribution >= 4 is 11.9 Å². The van der Waals surface area contributed by atoms with Gasteiger partial charge in [0.1, 0.15) is 0 Å². The van der Waals surface area contributed by atoms with Crippen molar-refractivity contribution < 1.29 is 12.4 Å². The van der Waals surface area contributed by atoms with E-state index in [0.717, 1.165) is 0 Å². The number of hydrogen-bond acceptors (Lipinski definition) is 2. The first-order valence-corrected chi connectivity index (χ1v) is 5.09. The van der Waals surface area contributed by atoms with Crippen LogP contribution in [0.15, 0.2) is 0 Å². The summed E-state index contributed by atoms with van der Waals surface area (Å²) in [6.07, 6.45) is 0.604. The summed E-state index contributed by atoms with van der Waals surface area (Å²) in [5, 5.41) is 4.73. The molecule has 96 valence electrons. The SMILES string of the molecule is CC.CCC(=O)N(C)C.CNC(=O)NC.[HH].[HH]. The minimum atomic E-state index is -0.157. The lowest BCUT2D eigenvalue weighted by atomic mass is 10.4. The van der Waals surface area contributed by atoms with Crippen molar-refractivity contribution in [3.05, 3.63) is 0 Å². The Hall–Kier alpha value is -1.26. The fourth-order valence-corrected chi connectivity index (χ4v) is 0.441. The van der Waals surface area contributed by atoms with Crippen LogP contribution in [0.4, 0.5) is 4.79 Å². The Morgan fingerprint density at radius 2 is 1.47 bits per heavy atom. The zero-order valence-corrected chi connectivity index (χ0v) is 11.0. The molecule has 5 nitrogen and oxygen atoms in total. The molecule has 0 spiro atoms. The molecular formula is C10H29N3O2. The smallest absolute Gasteiger partial charge is 0.314 e. The monoisotopic (exact) mass is 223 g/mol. The zero-order chi connectivity index (χ0) is 12.9. The second-order valence-electron chi connectivity index (χ2n) is 2.47. The summed E-state index contributed by atoms with van der Waals surface area (Å²) >= 11 is 0. The van der Waals surface area contributed by atoms with E-state index in [1.165, 1.54) is 0 Å². The second-order valence-corrected chi connectivity index (χ2v) is 2.47. The van der Waals surface area contributed by atoms with Gasteiger partial charge in [-0.15, -0.1) is 0 Å². The van der Waals surface area contributed by atoms with Crippen LogP contribution < -0.4 is 10.6 Å². The van der Waals surface area contributed by atoms with Crippen LogP contribution in [0.2, 0.25) is 0 Å². The summed E-state index contributed by atoms with van der Waals surface area (Å²) in [7, 11) is 6.65. The zero-order valence-electron chi connectivity index (χ0n) is 11.0. The molecule has 0 fully saturated rings. The van der Waals surface area contributed by atoms with E-state index in [-0.39, 0.29) is 14.8 Å². The van der Waals surface area contributed by atoms with Crippen molar-refractivity contribution in [1.29, 1.82) is 0 Å². The molecule has 0 radical (unpaired) electrons. The molecule has 0 unspecified atom stereocenters. The number of nitrogens with zero attached hydrogens (tertiary/aromatic N) is 1. The molecule has 5 heteroatoms. The Morgan fingerprint density at radius 3 is 1.47 bits per heavy atom. The summed E-state index contributed by atoms with van der Waals surface area (Å²) < 4.78 is 0. The molecule has 15 heavy (non-hydrogen) atoms. The third-order valence-corrected chi connectivity index (χ3v) is 1.26. The Labute approximate surface area is 96.2 Å². The molecule has 0 aliphatic heterocycles. The molecule has 3 amide bonds. The number of nitrogens with one attached hydrogen (secondary N) is 2. The van der Waals surface area contributed by atoms with Crippen molar-refractivity contribution in [2.45, 2.75) is 27.2 Å². The first-order chi connectivity index (χ1) is 6.99. The fourth-order valence-electron chi connectivity index (χ4n) is 0.441. The average Bonchev–Trinajstić information content (AvgIpc) is 2.30. The predicted molar refractivity (Wildman–Crippen MR) is 68.1 cm³/mol. The quantitative estimate of drug-likeness (QED) is 0.708. The van der Waals surface area contributed by atoms with Gasteiger partial charge in [0.15, 0.2) is 0 Å². The number of carbonyl (C=O) groups is 2. The average molecular weight is 223 g/mol. The van der Waals surface area contributed by atoms with Gasteiger partial charge >= 0.3 is 6.03 Å². The molecule has 0 heterocycles. The van der Waals surface area contributed by atoms with Crippen LogP contribution in [0.25, 0.3) is 0 Å². The van der Waals surface area contributed by atoms with Gasteiger partial charge in [-0.3, -0.25) is 4.79 Å². The molecule has 0 rings (SSSR count). The summed E-state index contributed by atoms with van der Waals surface area (Å²) in [5.41, 5.74) is 0. The first kappa shape index (κ1) is 19.3. The summed E-state index contributed by atoms with van der Waals surface area (Å²) in [6, 6.07) is -0.157. The van der Waals surface area contributed by atoms with E-state index in [1.54, 1.807) is 33.1 Å². The highest BCUT2D eigenvalue weighted by atomic mass is 16.2. The lowest BCUT2D eigenvalue weighted by Crippen LogP contribution is -2.28. The molecule has 2 N–H and O–H groups in total. The van der Waals surface area contributed by atoms with E-state index in [4.69, 9.17) is 0 Å². The highest BCUT2D eigenvalue weighted by molar-refractivity contribution is 5.75. The van der Waals surface area contributed by atoms with Crippen molar-refractivity contribution in [2.75, 3.05) is 28.2 Å². The normalized spacial score (nSPS) is 7.13. The highest BCUT2D eigenvalue weighted by Gasteiger charge is 1.95. The Morgan fingerprint density at radius 1 is 1.13 bits per heavy atom. The topological polar surface area (TPSA) is 61.4 Å². The van der Waals surface area contributed by atoms with E-state index in [9.17, 15) is 9.59 Å². The van der Waals surface area contributed by atoms with E-state index < -0.39 is 0 Å². The molecule has 0 bridgehead atoms. The van der Waals surface area contributed by atoms with Crippen LogP contribution in [0.1, 0.15) is 30.0 Å². The fraction of sp³-hybridized carbons (Fsp3) is 0.800. The second kappa shape index (κ2) is 15.2. The highest BCUT2D eigenvalue weighted by Crippen LogP contribution is 1.81. The van der Waals surface area contributed by atoms with Crippen LogP contribution in [-0.4, -0.2) is 45.0 Å².